The van der Waals surface area contributed by atoms with Gasteiger partial charge in [0, 0.05) is 42.5 Å². The van der Waals surface area contributed by atoms with Crippen molar-refractivity contribution >= 4 is 23.2 Å². The summed E-state index contributed by atoms with van der Waals surface area (Å²) in [5.74, 6) is 0.358. The number of nitrogens with zero attached hydrogens (tertiary/aromatic N) is 1. The maximum Gasteiger partial charge on any atom is 0.255 e. The van der Waals surface area contributed by atoms with Crippen LogP contribution >= 0.6 is 0 Å². The van der Waals surface area contributed by atoms with Crippen LogP contribution in [0.4, 0.5) is 11.4 Å². The van der Waals surface area contributed by atoms with E-state index < -0.39 is 0 Å². The summed E-state index contributed by atoms with van der Waals surface area (Å²) in [6.45, 7) is 2.16. The lowest BCUT2D eigenvalue weighted by Gasteiger charge is -2.13. The predicted molar refractivity (Wildman–Crippen MR) is 103 cm³/mol. The zero-order chi connectivity index (χ0) is 19.1. The lowest BCUT2D eigenvalue weighted by molar-refractivity contribution is -0.126. The number of methoxy groups -OCH3 is 1. The van der Waals surface area contributed by atoms with Gasteiger partial charge in [-0.05, 0) is 42.8 Å². The fraction of sp³-hybridized carbons (Fsp3) is 0.300. The Morgan fingerprint density at radius 2 is 1.93 bits per heavy atom. The first-order valence-electron chi connectivity index (χ1n) is 8.87. The van der Waals surface area contributed by atoms with Gasteiger partial charge in [-0.1, -0.05) is 6.07 Å². The first-order valence-corrected chi connectivity index (χ1v) is 8.87. The summed E-state index contributed by atoms with van der Waals surface area (Å²) in [6, 6.07) is 13.9. The minimum Gasteiger partial charge on any atom is -0.497 e. The average molecular weight is 369 g/mol. The molecule has 1 heterocycles. The topological polar surface area (TPSA) is 79.9 Å². The van der Waals surface area contributed by atoms with Gasteiger partial charge in [-0.2, -0.15) is 5.06 Å². The SMILES string of the molecule is COc1cccc(NC(=O)c2ccc(NC(=O)CCN3CCCO3)cc2)c1. The van der Waals surface area contributed by atoms with Crippen LogP contribution in [0.1, 0.15) is 23.2 Å². The highest BCUT2D eigenvalue weighted by molar-refractivity contribution is 6.04. The highest BCUT2D eigenvalue weighted by Crippen LogP contribution is 2.18. The number of anilines is 2. The Balaban J connectivity index is 1.51. The van der Waals surface area contributed by atoms with Crippen molar-refractivity contribution < 1.29 is 19.2 Å². The van der Waals surface area contributed by atoms with E-state index in [1.165, 1.54) is 0 Å². The number of amides is 2. The molecule has 7 heteroatoms. The van der Waals surface area contributed by atoms with Crippen molar-refractivity contribution in [1.29, 1.82) is 0 Å². The number of hydrogen-bond acceptors (Lipinski definition) is 5. The zero-order valence-corrected chi connectivity index (χ0v) is 15.2. The van der Waals surface area contributed by atoms with Crippen LogP contribution < -0.4 is 15.4 Å². The minimum absolute atomic E-state index is 0.0842. The summed E-state index contributed by atoms with van der Waals surface area (Å²) < 4.78 is 5.14. The molecule has 0 aliphatic carbocycles. The highest BCUT2D eigenvalue weighted by Gasteiger charge is 2.14. The van der Waals surface area contributed by atoms with Crippen LogP contribution in [0.2, 0.25) is 0 Å². The van der Waals surface area contributed by atoms with E-state index in [4.69, 9.17) is 9.57 Å². The smallest absolute Gasteiger partial charge is 0.255 e. The lowest BCUT2D eigenvalue weighted by Crippen LogP contribution is -2.24. The third-order valence-electron chi connectivity index (χ3n) is 4.17. The third-order valence-corrected chi connectivity index (χ3v) is 4.17. The molecule has 2 N–H and O–H groups in total. The van der Waals surface area contributed by atoms with E-state index in [1.807, 2.05) is 11.1 Å². The molecule has 3 rings (SSSR count). The Labute approximate surface area is 158 Å². The maximum atomic E-state index is 12.3. The van der Waals surface area contributed by atoms with E-state index in [0.717, 1.165) is 19.6 Å². The van der Waals surface area contributed by atoms with Crippen LogP contribution in [-0.2, 0) is 9.63 Å². The summed E-state index contributed by atoms with van der Waals surface area (Å²) >= 11 is 0. The number of hydroxylamine groups is 2. The Morgan fingerprint density at radius 3 is 2.63 bits per heavy atom. The number of carbonyl (C=O) groups is 2. The monoisotopic (exact) mass is 369 g/mol. The van der Waals surface area contributed by atoms with Crippen LogP contribution in [0, 0.1) is 0 Å². The van der Waals surface area contributed by atoms with Gasteiger partial charge in [-0.25, -0.2) is 0 Å². The largest absolute Gasteiger partial charge is 0.497 e. The van der Waals surface area contributed by atoms with E-state index in [1.54, 1.807) is 49.6 Å². The van der Waals surface area contributed by atoms with Gasteiger partial charge >= 0.3 is 0 Å². The second kappa shape index (κ2) is 9.16. The number of carbonyl (C=O) groups excluding carboxylic acids is 2. The molecule has 0 radical (unpaired) electrons. The summed E-state index contributed by atoms with van der Waals surface area (Å²) in [6.07, 6.45) is 1.36. The van der Waals surface area contributed by atoms with Crippen molar-refractivity contribution in [2.45, 2.75) is 12.8 Å². The van der Waals surface area contributed by atoms with Crippen molar-refractivity contribution in [2.75, 3.05) is 37.4 Å². The fourth-order valence-corrected chi connectivity index (χ4v) is 2.73. The van der Waals surface area contributed by atoms with Crippen molar-refractivity contribution in [2.24, 2.45) is 0 Å². The van der Waals surface area contributed by atoms with Gasteiger partial charge in [0.2, 0.25) is 5.91 Å². The molecule has 1 aliphatic rings. The number of ether oxygens (including phenoxy) is 1. The number of hydrogen-bond donors (Lipinski definition) is 2. The minimum atomic E-state index is -0.229. The lowest BCUT2D eigenvalue weighted by atomic mass is 10.2. The average Bonchev–Trinajstić information content (AvgIpc) is 3.21. The van der Waals surface area contributed by atoms with Crippen LogP contribution in [-0.4, -0.2) is 43.7 Å². The summed E-state index contributed by atoms with van der Waals surface area (Å²) in [5, 5.41) is 7.46. The van der Waals surface area contributed by atoms with E-state index >= 15 is 0 Å². The highest BCUT2D eigenvalue weighted by atomic mass is 16.7. The molecule has 1 fully saturated rings. The van der Waals surface area contributed by atoms with Crippen LogP contribution in [0.15, 0.2) is 48.5 Å². The number of rotatable bonds is 7. The third kappa shape index (κ3) is 5.54. The second-order valence-corrected chi connectivity index (χ2v) is 6.18. The van der Waals surface area contributed by atoms with Crippen LogP contribution in [0.25, 0.3) is 0 Å². The standard InChI is InChI=1S/C20H23N3O4/c1-26-18-5-2-4-17(14-18)22-20(25)15-6-8-16(9-7-15)21-19(24)10-12-23-11-3-13-27-23/h2,4-9,14H,3,10-13H2,1H3,(H,21,24)(H,22,25). The molecule has 0 spiro atoms. The van der Waals surface area contributed by atoms with Gasteiger partial charge in [0.05, 0.1) is 13.7 Å². The summed E-state index contributed by atoms with van der Waals surface area (Å²) in [5.41, 5.74) is 1.81. The van der Waals surface area contributed by atoms with Gasteiger partial charge in [-0.15, -0.1) is 0 Å². The summed E-state index contributed by atoms with van der Waals surface area (Å²) in [7, 11) is 1.58. The van der Waals surface area contributed by atoms with Gasteiger partial charge in [0.25, 0.3) is 5.91 Å². The predicted octanol–water partition coefficient (Wildman–Crippen LogP) is 2.91. The zero-order valence-electron chi connectivity index (χ0n) is 15.2. The molecule has 2 aromatic carbocycles. The van der Waals surface area contributed by atoms with Crippen molar-refractivity contribution in [3.05, 3.63) is 54.1 Å². The molecule has 0 bridgehead atoms. The Hall–Kier alpha value is -2.90. The molecule has 27 heavy (non-hydrogen) atoms. The molecule has 2 amide bonds. The molecule has 1 saturated heterocycles. The number of nitrogens with one attached hydrogen (secondary N) is 2. The van der Waals surface area contributed by atoms with Crippen molar-refractivity contribution in [1.82, 2.24) is 5.06 Å². The normalized spacial score (nSPS) is 14.0. The molecule has 7 nitrogen and oxygen atoms in total. The quantitative estimate of drug-likeness (QED) is 0.784. The van der Waals surface area contributed by atoms with Crippen LogP contribution in [0.5, 0.6) is 5.75 Å². The Kier molecular flexibility index (Phi) is 6.40. The summed E-state index contributed by atoms with van der Waals surface area (Å²) in [4.78, 5) is 29.7. The van der Waals surface area contributed by atoms with Gasteiger partial charge in [0.15, 0.2) is 0 Å². The maximum absolute atomic E-state index is 12.3. The number of benzene rings is 2. The van der Waals surface area contributed by atoms with Crippen LogP contribution in [0.3, 0.4) is 0 Å². The van der Waals surface area contributed by atoms with E-state index in [2.05, 4.69) is 10.6 Å². The molecule has 0 unspecified atom stereocenters. The Morgan fingerprint density at radius 1 is 1.11 bits per heavy atom. The van der Waals surface area contributed by atoms with E-state index in [9.17, 15) is 9.59 Å². The molecular weight excluding hydrogens is 346 g/mol. The fourth-order valence-electron chi connectivity index (χ4n) is 2.73. The van der Waals surface area contributed by atoms with Crippen molar-refractivity contribution in [3.63, 3.8) is 0 Å². The first-order chi connectivity index (χ1) is 13.1. The van der Waals surface area contributed by atoms with Gasteiger partial charge in [0.1, 0.15) is 5.75 Å². The molecule has 142 valence electrons. The Bertz CT molecular complexity index is 786. The van der Waals surface area contributed by atoms with Gasteiger partial charge in [-0.3, -0.25) is 14.4 Å². The molecular formula is C20H23N3O4. The van der Waals surface area contributed by atoms with E-state index in [-0.39, 0.29) is 11.8 Å². The molecule has 0 saturated carbocycles. The molecule has 2 aromatic rings. The molecule has 1 aliphatic heterocycles. The van der Waals surface area contributed by atoms with Crippen molar-refractivity contribution in [3.8, 4) is 5.75 Å². The first kappa shape index (κ1) is 18.9. The van der Waals surface area contributed by atoms with Gasteiger partial charge < -0.3 is 15.4 Å². The molecule has 0 atom stereocenters. The second-order valence-electron chi connectivity index (χ2n) is 6.18. The molecule has 0 aromatic heterocycles. The van der Waals surface area contributed by atoms with E-state index in [0.29, 0.717) is 35.7 Å².